The van der Waals surface area contributed by atoms with E-state index in [1.165, 1.54) is 12.1 Å². The normalized spacial score (nSPS) is 10.7. The van der Waals surface area contributed by atoms with Crippen molar-refractivity contribution in [1.82, 2.24) is 9.97 Å². The highest BCUT2D eigenvalue weighted by molar-refractivity contribution is 5.87. The molecule has 0 spiro atoms. The van der Waals surface area contributed by atoms with E-state index < -0.39 is 4.92 Å². The van der Waals surface area contributed by atoms with E-state index in [0.717, 1.165) is 11.1 Å². The zero-order valence-electron chi connectivity index (χ0n) is 14.5. The first kappa shape index (κ1) is 20.1. The smallest absolute Gasteiger partial charge is 0.330 e. The summed E-state index contributed by atoms with van der Waals surface area (Å²) in [5.74, 6) is 0.282. The molecule has 0 aliphatic carbocycles. The topological polar surface area (TPSA) is 98.1 Å². The molecule has 27 heavy (non-hydrogen) atoms. The molecule has 0 fully saturated rings. The van der Waals surface area contributed by atoms with Gasteiger partial charge in [0, 0.05) is 18.6 Å². The van der Waals surface area contributed by atoms with E-state index in [1.807, 2.05) is 24.3 Å². The summed E-state index contributed by atoms with van der Waals surface area (Å²) in [6, 6.07) is 12.5. The molecule has 1 heterocycles. The number of para-hydroxylation sites is 1. The highest BCUT2D eigenvalue weighted by Crippen LogP contribution is 2.24. The molecule has 0 aliphatic rings. The number of carbonyl (C=O) groups is 1. The summed E-state index contributed by atoms with van der Waals surface area (Å²) >= 11 is 0. The van der Waals surface area contributed by atoms with Crippen LogP contribution in [0.1, 0.15) is 23.9 Å². The van der Waals surface area contributed by atoms with Crippen LogP contribution in [0.2, 0.25) is 0 Å². The van der Waals surface area contributed by atoms with Gasteiger partial charge in [-0.3, -0.25) is 10.1 Å². The fraction of sp³-hybridized carbons (Fsp3) is 0.158. The van der Waals surface area contributed by atoms with Crippen molar-refractivity contribution < 1.29 is 14.5 Å². The van der Waals surface area contributed by atoms with E-state index in [-0.39, 0.29) is 24.1 Å². The first-order chi connectivity index (χ1) is 12.6. The number of benzene rings is 2. The van der Waals surface area contributed by atoms with Gasteiger partial charge in [-0.25, -0.2) is 9.78 Å². The SMILES string of the molecule is CCOC(=O)/C=C/c1ccc(Cc2nc3c([N+](=O)[O-])cccc3[nH]2)cc1.Cl. The summed E-state index contributed by atoms with van der Waals surface area (Å²) < 4.78 is 4.84. The van der Waals surface area contributed by atoms with Crippen LogP contribution in [0.15, 0.2) is 48.5 Å². The Morgan fingerprint density at radius 2 is 2.00 bits per heavy atom. The zero-order valence-corrected chi connectivity index (χ0v) is 15.4. The number of nitro benzene ring substituents is 1. The predicted molar refractivity (Wildman–Crippen MR) is 105 cm³/mol. The van der Waals surface area contributed by atoms with Gasteiger partial charge in [-0.1, -0.05) is 30.3 Å². The molecule has 2 aromatic carbocycles. The third-order valence-corrected chi connectivity index (χ3v) is 3.79. The van der Waals surface area contributed by atoms with Gasteiger partial charge in [0.25, 0.3) is 5.69 Å². The third kappa shape index (κ3) is 4.92. The number of rotatable bonds is 6. The number of esters is 1. The number of aromatic nitrogens is 2. The fourth-order valence-corrected chi connectivity index (χ4v) is 2.59. The van der Waals surface area contributed by atoms with Crippen LogP contribution >= 0.6 is 12.4 Å². The standard InChI is InChI=1S/C19H17N3O4.ClH/c1-2-26-18(23)11-10-13-6-8-14(9-7-13)12-17-20-15-4-3-5-16(22(24)25)19(15)21-17;/h3-11H,2,12H2,1H3,(H,20,21);1H/b11-10+;. The largest absolute Gasteiger partial charge is 0.463 e. The lowest BCUT2D eigenvalue weighted by atomic mass is 10.1. The monoisotopic (exact) mass is 387 g/mol. The highest BCUT2D eigenvalue weighted by Gasteiger charge is 2.15. The van der Waals surface area contributed by atoms with Gasteiger partial charge in [0.2, 0.25) is 0 Å². The highest BCUT2D eigenvalue weighted by atomic mass is 35.5. The van der Waals surface area contributed by atoms with Gasteiger partial charge in [-0.2, -0.15) is 0 Å². The number of nitro groups is 1. The summed E-state index contributed by atoms with van der Waals surface area (Å²) in [5.41, 5.74) is 2.87. The molecule has 0 radical (unpaired) electrons. The molecule has 8 heteroatoms. The zero-order chi connectivity index (χ0) is 18.5. The van der Waals surface area contributed by atoms with Gasteiger partial charge in [0.1, 0.15) is 5.82 Å². The Balaban J connectivity index is 0.00000261. The maximum absolute atomic E-state index is 11.3. The van der Waals surface area contributed by atoms with Crippen LogP contribution in [-0.2, 0) is 16.0 Å². The van der Waals surface area contributed by atoms with Crippen molar-refractivity contribution in [1.29, 1.82) is 0 Å². The van der Waals surface area contributed by atoms with Crippen molar-refractivity contribution in [3.8, 4) is 0 Å². The minimum absolute atomic E-state index is 0. The van der Waals surface area contributed by atoms with Crippen LogP contribution in [0.3, 0.4) is 0 Å². The van der Waals surface area contributed by atoms with Crippen molar-refractivity contribution in [3.05, 3.63) is 75.6 Å². The number of nitrogens with one attached hydrogen (secondary N) is 1. The summed E-state index contributed by atoms with van der Waals surface area (Å²) in [4.78, 5) is 29.4. The Kier molecular flexibility index (Phi) is 6.67. The Hall–Kier alpha value is -3.19. The number of fused-ring (bicyclic) bond motifs is 1. The van der Waals surface area contributed by atoms with Crippen molar-refractivity contribution in [2.45, 2.75) is 13.3 Å². The number of non-ortho nitro benzene ring substituents is 1. The van der Waals surface area contributed by atoms with Gasteiger partial charge in [-0.15, -0.1) is 12.4 Å². The number of H-pyrrole nitrogens is 1. The lowest BCUT2D eigenvalue weighted by molar-refractivity contribution is -0.383. The molecule has 0 bridgehead atoms. The summed E-state index contributed by atoms with van der Waals surface area (Å²) in [6.07, 6.45) is 3.59. The lowest BCUT2D eigenvalue weighted by Gasteiger charge is -2.00. The van der Waals surface area contributed by atoms with Gasteiger partial charge in [0.15, 0.2) is 5.52 Å². The minimum atomic E-state index is -0.433. The molecule has 3 aromatic rings. The number of aromatic amines is 1. The minimum Gasteiger partial charge on any atom is -0.463 e. The van der Waals surface area contributed by atoms with Crippen molar-refractivity contribution in [3.63, 3.8) is 0 Å². The maximum Gasteiger partial charge on any atom is 0.330 e. The first-order valence-corrected chi connectivity index (χ1v) is 8.12. The molecule has 3 rings (SSSR count). The maximum atomic E-state index is 11.3. The molecule has 7 nitrogen and oxygen atoms in total. The van der Waals surface area contributed by atoms with Gasteiger partial charge < -0.3 is 9.72 Å². The van der Waals surface area contributed by atoms with Crippen LogP contribution in [0.25, 0.3) is 17.1 Å². The molecule has 0 saturated heterocycles. The van der Waals surface area contributed by atoms with Crippen LogP contribution in [0.4, 0.5) is 5.69 Å². The Bertz CT molecular complexity index is 980. The number of carbonyl (C=O) groups excluding carboxylic acids is 1. The van der Waals surface area contributed by atoms with E-state index in [4.69, 9.17) is 4.74 Å². The Labute approximate surface area is 161 Å². The molecule has 0 unspecified atom stereocenters. The molecule has 0 saturated carbocycles. The predicted octanol–water partition coefficient (Wildman–Crippen LogP) is 4.06. The second-order valence-corrected chi connectivity index (χ2v) is 5.62. The average Bonchev–Trinajstić information content (AvgIpc) is 3.03. The molecule has 0 aliphatic heterocycles. The molecular formula is C19H18ClN3O4. The number of ether oxygens (including phenoxy) is 1. The second kappa shape index (κ2) is 8.95. The molecule has 140 valence electrons. The Morgan fingerprint density at radius 3 is 2.67 bits per heavy atom. The van der Waals surface area contributed by atoms with Crippen LogP contribution in [0.5, 0.6) is 0 Å². The van der Waals surface area contributed by atoms with Gasteiger partial charge >= 0.3 is 5.97 Å². The summed E-state index contributed by atoms with van der Waals surface area (Å²) in [6.45, 7) is 2.10. The molecular weight excluding hydrogens is 370 g/mol. The average molecular weight is 388 g/mol. The third-order valence-electron chi connectivity index (χ3n) is 3.79. The summed E-state index contributed by atoms with van der Waals surface area (Å²) in [5, 5.41) is 11.1. The number of halogens is 1. The second-order valence-electron chi connectivity index (χ2n) is 5.62. The van der Waals surface area contributed by atoms with E-state index in [0.29, 0.717) is 29.9 Å². The van der Waals surface area contributed by atoms with Gasteiger partial charge in [-0.05, 0) is 30.2 Å². The number of imidazole rings is 1. The lowest BCUT2D eigenvalue weighted by Crippen LogP contribution is -1.98. The van der Waals surface area contributed by atoms with Crippen molar-refractivity contribution in [2.24, 2.45) is 0 Å². The van der Waals surface area contributed by atoms with E-state index >= 15 is 0 Å². The van der Waals surface area contributed by atoms with Crippen LogP contribution in [-0.4, -0.2) is 27.5 Å². The fourth-order valence-electron chi connectivity index (χ4n) is 2.59. The molecule has 0 amide bonds. The summed E-state index contributed by atoms with van der Waals surface area (Å²) in [7, 11) is 0. The van der Waals surface area contributed by atoms with Crippen LogP contribution < -0.4 is 0 Å². The van der Waals surface area contributed by atoms with E-state index in [9.17, 15) is 14.9 Å². The number of hydrogen-bond acceptors (Lipinski definition) is 5. The molecule has 1 aromatic heterocycles. The van der Waals surface area contributed by atoms with E-state index in [1.54, 1.807) is 25.1 Å². The number of nitrogens with zero attached hydrogens (tertiary/aromatic N) is 2. The van der Waals surface area contributed by atoms with E-state index in [2.05, 4.69) is 9.97 Å². The van der Waals surface area contributed by atoms with Gasteiger partial charge in [0.05, 0.1) is 17.0 Å². The quantitative estimate of drug-likeness (QED) is 0.297. The molecule has 1 N–H and O–H groups in total. The number of hydrogen-bond donors (Lipinski definition) is 1. The van der Waals surface area contributed by atoms with Crippen molar-refractivity contribution >= 4 is 41.2 Å². The molecule has 0 atom stereocenters. The van der Waals surface area contributed by atoms with Crippen molar-refractivity contribution in [2.75, 3.05) is 6.61 Å². The Morgan fingerprint density at radius 1 is 1.26 bits per heavy atom. The first-order valence-electron chi connectivity index (χ1n) is 8.12. The van der Waals surface area contributed by atoms with Crippen LogP contribution in [0, 0.1) is 10.1 Å².